The molecule has 0 aliphatic carbocycles. The summed E-state index contributed by atoms with van der Waals surface area (Å²) in [6.45, 7) is 9.88. The first-order chi connectivity index (χ1) is 10.3. The molecule has 1 amide bonds. The number of hydrogen-bond acceptors (Lipinski definition) is 5. The fraction of sp³-hybridized carbons (Fsp3) is 0.647. The Balaban J connectivity index is 0.00000264. The topological polar surface area (TPSA) is 71.7 Å². The van der Waals surface area contributed by atoms with Crippen molar-refractivity contribution in [2.45, 2.75) is 53.2 Å². The monoisotopic (exact) mass is 322 g/mol. The molecule has 0 radical (unpaired) electrons. The minimum atomic E-state index is -0.470. The number of piperazine rings is 1. The maximum absolute atomic E-state index is 12.3. The highest BCUT2D eigenvalue weighted by molar-refractivity contribution is 5.70. The Morgan fingerprint density at radius 1 is 1.43 bits per heavy atom. The Bertz CT molecular complexity index is 528. The molecule has 1 aromatic rings. The predicted molar refractivity (Wildman–Crippen MR) is 94.6 cm³/mol. The third kappa shape index (κ3) is 4.74. The summed E-state index contributed by atoms with van der Waals surface area (Å²) in [6.07, 6.45) is 4.05. The van der Waals surface area contributed by atoms with Crippen molar-refractivity contribution in [1.82, 2.24) is 9.88 Å². The van der Waals surface area contributed by atoms with Crippen LogP contribution in [-0.2, 0) is 4.74 Å². The van der Waals surface area contributed by atoms with Gasteiger partial charge in [0.05, 0.1) is 23.6 Å². The van der Waals surface area contributed by atoms with Crippen LogP contribution in [0.1, 0.15) is 41.5 Å². The molecule has 2 heterocycles. The fourth-order valence-corrected chi connectivity index (χ4v) is 2.67. The number of anilines is 2. The van der Waals surface area contributed by atoms with Gasteiger partial charge in [-0.1, -0.05) is 14.4 Å². The van der Waals surface area contributed by atoms with Crippen molar-refractivity contribution in [1.29, 1.82) is 0 Å². The lowest BCUT2D eigenvalue weighted by molar-refractivity contribution is 0.0137. The molecule has 0 aromatic carbocycles. The van der Waals surface area contributed by atoms with Gasteiger partial charge in [-0.25, -0.2) is 4.79 Å². The number of amides is 1. The molecule has 2 rings (SSSR count). The van der Waals surface area contributed by atoms with Crippen LogP contribution in [0.2, 0.25) is 0 Å². The number of nitrogens with zero attached hydrogens (tertiary/aromatic N) is 3. The lowest BCUT2D eigenvalue weighted by Crippen LogP contribution is -2.56. The SMILES string of the molecule is C.CC[C@@H]1CN(c2ccncc2N)CCN1C(=O)OC(C)(C)C. The molecule has 0 unspecified atom stereocenters. The van der Waals surface area contributed by atoms with Gasteiger partial charge in [-0.2, -0.15) is 0 Å². The van der Waals surface area contributed by atoms with Gasteiger partial charge in [0.1, 0.15) is 5.60 Å². The molecule has 6 nitrogen and oxygen atoms in total. The molecule has 1 aromatic heterocycles. The van der Waals surface area contributed by atoms with E-state index in [1.165, 1.54) is 0 Å². The summed E-state index contributed by atoms with van der Waals surface area (Å²) in [5.41, 5.74) is 7.19. The first-order valence-electron chi connectivity index (χ1n) is 7.76. The van der Waals surface area contributed by atoms with Crippen molar-refractivity contribution >= 4 is 17.5 Å². The molecule has 6 heteroatoms. The van der Waals surface area contributed by atoms with Gasteiger partial charge in [0.2, 0.25) is 0 Å². The second-order valence-corrected chi connectivity index (χ2v) is 6.62. The number of carbonyl (C=O) groups excluding carboxylic acids is 1. The quantitative estimate of drug-likeness (QED) is 0.905. The van der Waals surface area contributed by atoms with Crippen LogP contribution >= 0.6 is 0 Å². The third-order valence-corrected chi connectivity index (χ3v) is 3.75. The van der Waals surface area contributed by atoms with E-state index in [1.54, 1.807) is 12.4 Å². The maximum Gasteiger partial charge on any atom is 0.410 e. The number of hydrogen-bond donors (Lipinski definition) is 1. The molecule has 1 atom stereocenters. The first kappa shape index (κ1) is 19.1. The summed E-state index contributed by atoms with van der Waals surface area (Å²) < 4.78 is 5.51. The highest BCUT2D eigenvalue weighted by Crippen LogP contribution is 2.26. The number of pyridine rings is 1. The summed E-state index contributed by atoms with van der Waals surface area (Å²) in [4.78, 5) is 20.4. The zero-order chi connectivity index (χ0) is 16.3. The molecule has 1 aliphatic heterocycles. The zero-order valence-electron chi connectivity index (χ0n) is 13.9. The van der Waals surface area contributed by atoms with Gasteiger partial charge in [-0.05, 0) is 33.3 Å². The van der Waals surface area contributed by atoms with Crippen LogP contribution in [0.15, 0.2) is 18.5 Å². The Labute approximate surface area is 139 Å². The first-order valence-corrected chi connectivity index (χ1v) is 7.76. The van der Waals surface area contributed by atoms with Gasteiger partial charge in [0, 0.05) is 25.8 Å². The summed E-state index contributed by atoms with van der Waals surface area (Å²) in [5, 5.41) is 0. The summed E-state index contributed by atoms with van der Waals surface area (Å²) in [5.74, 6) is 0. The van der Waals surface area contributed by atoms with Crippen molar-refractivity contribution in [3.8, 4) is 0 Å². The van der Waals surface area contributed by atoms with Gasteiger partial charge in [0.25, 0.3) is 0 Å². The van der Waals surface area contributed by atoms with Gasteiger partial charge in [-0.15, -0.1) is 0 Å². The van der Waals surface area contributed by atoms with Gasteiger partial charge >= 0.3 is 6.09 Å². The van der Waals surface area contributed by atoms with Crippen molar-refractivity contribution in [3.05, 3.63) is 18.5 Å². The predicted octanol–water partition coefficient (Wildman–Crippen LogP) is 3.14. The summed E-state index contributed by atoms with van der Waals surface area (Å²) in [6, 6.07) is 2.04. The molecule has 0 bridgehead atoms. The third-order valence-electron chi connectivity index (χ3n) is 3.75. The molecule has 23 heavy (non-hydrogen) atoms. The number of nitrogens with two attached hydrogens (primary N) is 1. The second kappa shape index (κ2) is 7.53. The minimum Gasteiger partial charge on any atom is -0.444 e. The molecular weight excluding hydrogens is 292 g/mol. The smallest absolute Gasteiger partial charge is 0.410 e. The molecule has 1 fully saturated rings. The molecule has 2 N–H and O–H groups in total. The van der Waals surface area contributed by atoms with E-state index in [9.17, 15) is 4.79 Å². The number of nitrogen functional groups attached to an aromatic ring is 1. The van der Waals surface area contributed by atoms with Crippen molar-refractivity contribution in [2.75, 3.05) is 30.3 Å². The minimum absolute atomic E-state index is 0. The molecule has 130 valence electrons. The van der Waals surface area contributed by atoms with Gasteiger partial charge in [-0.3, -0.25) is 4.98 Å². The van der Waals surface area contributed by atoms with Crippen LogP contribution in [0.4, 0.5) is 16.2 Å². The van der Waals surface area contributed by atoms with Crippen LogP contribution in [-0.4, -0.2) is 47.3 Å². The average Bonchev–Trinajstić information content (AvgIpc) is 2.45. The fourth-order valence-electron chi connectivity index (χ4n) is 2.67. The average molecular weight is 322 g/mol. The lowest BCUT2D eigenvalue weighted by atomic mass is 10.1. The molecule has 1 saturated heterocycles. The van der Waals surface area contributed by atoms with E-state index in [-0.39, 0.29) is 19.6 Å². The molecule has 0 saturated carbocycles. The van der Waals surface area contributed by atoms with Crippen LogP contribution in [0.5, 0.6) is 0 Å². The normalized spacial score (nSPS) is 18.3. The Morgan fingerprint density at radius 3 is 2.70 bits per heavy atom. The van der Waals surface area contributed by atoms with E-state index in [2.05, 4.69) is 16.8 Å². The van der Waals surface area contributed by atoms with Crippen LogP contribution in [0.3, 0.4) is 0 Å². The largest absolute Gasteiger partial charge is 0.444 e. The van der Waals surface area contributed by atoms with E-state index in [0.717, 1.165) is 25.2 Å². The lowest BCUT2D eigenvalue weighted by Gasteiger charge is -2.42. The highest BCUT2D eigenvalue weighted by atomic mass is 16.6. The Morgan fingerprint density at radius 2 is 2.13 bits per heavy atom. The van der Waals surface area contributed by atoms with E-state index in [0.29, 0.717) is 12.2 Å². The summed E-state index contributed by atoms with van der Waals surface area (Å²) >= 11 is 0. The van der Waals surface area contributed by atoms with Crippen molar-refractivity contribution < 1.29 is 9.53 Å². The maximum atomic E-state index is 12.3. The van der Waals surface area contributed by atoms with E-state index < -0.39 is 5.60 Å². The van der Waals surface area contributed by atoms with Crippen molar-refractivity contribution in [3.63, 3.8) is 0 Å². The van der Waals surface area contributed by atoms with Crippen LogP contribution in [0.25, 0.3) is 0 Å². The van der Waals surface area contributed by atoms with E-state index in [4.69, 9.17) is 10.5 Å². The Hall–Kier alpha value is -1.98. The van der Waals surface area contributed by atoms with E-state index in [1.807, 2.05) is 31.7 Å². The number of ether oxygens (including phenoxy) is 1. The number of rotatable bonds is 2. The summed E-state index contributed by atoms with van der Waals surface area (Å²) in [7, 11) is 0. The van der Waals surface area contributed by atoms with Crippen LogP contribution in [0, 0.1) is 0 Å². The number of carbonyl (C=O) groups is 1. The molecule has 0 spiro atoms. The standard InChI is InChI=1S/C16H26N4O2.CH4/c1-5-12-11-19(14-6-7-18-10-13(14)17)8-9-20(12)15(21)22-16(2,3)4;/h6-7,10,12H,5,8-9,11,17H2,1-4H3;1H4/t12-;/m1./s1. The number of aromatic nitrogens is 1. The zero-order valence-corrected chi connectivity index (χ0v) is 13.9. The molecule has 1 aliphatic rings. The van der Waals surface area contributed by atoms with Gasteiger partial charge < -0.3 is 20.3 Å². The Kier molecular flexibility index (Phi) is 6.24. The van der Waals surface area contributed by atoms with E-state index >= 15 is 0 Å². The van der Waals surface area contributed by atoms with Crippen molar-refractivity contribution in [2.24, 2.45) is 0 Å². The van der Waals surface area contributed by atoms with Gasteiger partial charge in [0.15, 0.2) is 0 Å². The molecular formula is C17H30N4O2. The second-order valence-electron chi connectivity index (χ2n) is 6.62. The highest BCUT2D eigenvalue weighted by Gasteiger charge is 2.32. The van der Waals surface area contributed by atoms with Crippen LogP contribution < -0.4 is 10.6 Å².